The van der Waals surface area contributed by atoms with E-state index in [9.17, 15) is 13.2 Å². The lowest BCUT2D eigenvalue weighted by Crippen LogP contribution is -2.30. The number of benzene rings is 2. The molecule has 200 valence electrons. The van der Waals surface area contributed by atoms with Gasteiger partial charge in [-0.15, -0.1) is 22.7 Å². The molecule has 0 atom stereocenters. The summed E-state index contributed by atoms with van der Waals surface area (Å²) in [4.78, 5) is 22.2. The van der Waals surface area contributed by atoms with E-state index in [1.165, 1.54) is 26.9 Å². The number of rotatable bonds is 9. The second-order valence-corrected chi connectivity index (χ2v) is 13.4. The lowest BCUT2D eigenvalue weighted by atomic mass is 10.0. The van der Waals surface area contributed by atoms with Crippen molar-refractivity contribution in [1.29, 1.82) is 0 Å². The number of aromatic nitrogens is 1. The van der Waals surface area contributed by atoms with Crippen molar-refractivity contribution < 1.29 is 13.2 Å². The number of thiazole rings is 1. The molecule has 7 nitrogen and oxygen atoms in total. The van der Waals surface area contributed by atoms with Crippen LogP contribution in [0.15, 0.2) is 53.4 Å². The van der Waals surface area contributed by atoms with Gasteiger partial charge in [0.25, 0.3) is 5.91 Å². The third kappa shape index (κ3) is 5.15. The fourth-order valence-corrected chi connectivity index (χ4v) is 8.78. The van der Waals surface area contributed by atoms with Crippen molar-refractivity contribution in [2.75, 3.05) is 31.5 Å². The maximum atomic E-state index is 13.4. The number of carbonyl (C=O) groups excluding carboxylic acids is 1. The number of anilines is 1. The Morgan fingerprint density at radius 3 is 2.47 bits per heavy atom. The molecule has 0 saturated carbocycles. The second kappa shape index (κ2) is 11.2. The van der Waals surface area contributed by atoms with Crippen LogP contribution in [-0.2, 0) is 23.0 Å². The normalized spacial score (nSPS) is 14.2. The molecule has 10 heteroatoms. The minimum absolute atomic E-state index is 0.190. The number of hydrogen-bond donors (Lipinski definition) is 1. The SMILES string of the molecule is CCCN1CCc2c(sc(NC(=O)c3ccc(S(=O)(=O)N(CC)CC)cc3)c2-c2nc3ccccc3s2)C1. The van der Waals surface area contributed by atoms with Gasteiger partial charge in [-0.2, -0.15) is 4.31 Å². The highest BCUT2D eigenvalue weighted by Crippen LogP contribution is 2.45. The first-order chi connectivity index (χ1) is 18.3. The molecule has 1 N–H and O–H groups in total. The minimum atomic E-state index is -3.58. The maximum Gasteiger partial charge on any atom is 0.256 e. The number of carbonyl (C=O) groups is 1. The van der Waals surface area contributed by atoms with Crippen molar-refractivity contribution in [2.45, 2.75) is 45.1 Å². The zero-order valence-electron chi connectivity index (χ0n) is 21.9. The Hall–Kier alpha value is -2.63. The van der Waals surface area contributed by atoms with E-state index < -0.39 is 10.0 Å². The Morgan fingerprint density at radius 2 is 1.79 bits per heavy atom. The molecule has 0 aliphatic carbocycles. The summed E-state index contributed by atoms with van der Waals surface area (Å²) in [5.74, 6) is -0.261. The molecule has 5 rings (SSSR count). The molecule has 3 heterocycles. The Labute approximate surface area is 232 Å². The predicted octanol–water partition coefficient (Wildman–Crippen LogP) is 6.08. The Bertz CT molecular complexity index is 1520. The molecule has 1 aliphatic heterocycles. The lowest BCUT2D eigenvalue weighted by molar-refractivity contribution is 0.102. The van der Waals surface area contributed by atoms with Gasteiger partial charge >= 0.3 is 0 Å². The molecular weight excluding hydrogens is 537 g/mol. The Balaban J connectivity index is 1.47. The summed E-state index contributed by atoms with van der Waals surface area (Å²) in [5.41, 5.74) is 3.67. The molecule has 2 aromatic heterocycles. The fraction of sp³-hybridized carbons (Fsp3) is 0.357. The number of fused-ring (bicyclic) bond motifs is 2. The number of sulfonamides is 1. The van der Waals surface area contributed by atoms with Gasteiger partial charge in [-0.3, -0.25) is 9.69 Å². The number of thiophene rings is 1. The molecule has 1 amide bonds. The van der Waals surface area contributed by atoms with E-state index in [4.69, 9.17) is 4.98 Å². The quantitative estimate of drug-likeness (QED) is 0.265. The van der Waals surface area contributed by atoms with E-state index in [-0.39, 0.29) is 10.8 Å². The lowest BCUT2D eigenvalue weighted by Gasteiger charge is -2.26. The number of hydrogen-bond acceptors (Lipinski definition) is 7. The summed E-state index contributed by atoms with van der Waals surface area (Å²) in [6.07, 6.45) is 2.03. The van der Waals surface area contributed by atoms with Crippen molar-refractivity contribution in [3.63, 3.8) is 0 Å². The molecule has 2 aromatic carbocycles. The van der Waals surface area contributed by atoms with Crippen molar-refractivity contribution in [3.8, 4) is 10.6 Å². The number of nitrogens with zero attached hydrogens (tertiary/aromatic N) is 3. The van der Waals surface area contributed by atoms with Gasteiger partial charge < -0.3 is 5.32 Å². The van der Waals surface area contributed by atoms with Gasteiger partial charge in [0.1, 0.15) is 10.0 Å². The van der Waals surface area contributed by atoms with E-state index in [0.717, 1.165) is 58.3 Å². The average Bonchev–Trinajstić information content (AvgIpc) is 3.49. The van der Waals surface area contributed by atoms with E-state index in [1.807, 2.05) is 32.0 Å². The first-order valence-electron chi connectivity index (χ1n) is 13.0. The van der Waals surface area contributed by atoms with Crippen LogP contribution < -0.4 is 5.32 Å². The molecule has 0 saturated heterocycles. The molecule has 1 aliphatic rings. The zero-order chi connectivity index (χ0) is 26.9. The molecule has 4 aromatic rings. The van der Waals surface area contributed by atoms with Gasteiger partial charge in [0.05, 0.1) is 15.1 Å². The maximum absolute atomic E-state index is 13.4. The summed E-state index contributed by atoms with van der Waals surface area (Å²) < 4.78 is 28.2. The van der Waals surface area contributed by atoms with E-state index >= 15 is 0 Å². The van der Waals surface area contributed by atoms with Crippen molar-refractivity contribution >= 4 is 53.8 Å². The van der Waals surface area contributed by atoms with Gasteiger partial charge in [-0.1, -0.05) is 32.9 Å². The van der Waals surface area contributed by atoms with Crippen LogP contribution in [0.25, 0.3) is 20.8 Å². The first kappa shape index (κ1) is 27.0. The fourth-order valence-electron chi connectivity index (χ4n) is 4.92. The van der Waals surface area contributed by atoms with Crippen LogP contribution in [-0.4, -0.2) is 54.7 Å². The van der Waals surface area contributed by atoms with Crippen molar-refractivity contribution in [1.82, 2.24) is 14.2 Å². The highest BCUT2D eigenvalue weighted by molar-refractivity contribution is 7.89. The second-order valence-electron chi connectivity index (χ2n) is 9.29. The smallest absolute Gasteiger partial charge is 0.256 e. The van der Waals surface area contributed by atoms with Gasteiger partial charge in [-0.05, 0) is 61.3 Å². The summed E-state index contributed by atoms with van der Waals surface area (Å²) >= 11 is 3.27. The van der Waals surface area contributed by atoms with Crippen molar-refractivity contribution in [2.24, 2.45) is 0 Å². The largest absolute Gasteiger partial charge is 0.313 e. The topological polar surface area (TPSA) is 82.6 Å². The van der Waals surface area contributed by atoms with Gasteiger partial charge in [0.2, 0.25) is 10.0 Å². The van der Waals surface area contributed by atoms with Crippen molar-refractivity contribution in [3.05, 3.63) is 64.5 Å². The van der Waals surface area contributed by atoms with Gasteiger partial charge in [0, 0.05) is 42.2 Å². The molecule has 0 fully saturated rings. The monoisotopic (exact) mass is 568 g/mol. The molecule has 0 unspecified atom stereocenters. The summed E-state index contributed by atoms with van der Waals surface area (Å²) in [5, 5.41) is 4.87. The zero-order valence-corrected chi connectivity index (χ0v) is 24.3. The minimum Gasteiger partial charge on any atom is -0.313 e. The van der Waals surface area contributed by atoms with Crippen LogP contribution >= 0.6 is 22.7 Å². The Kier molecular flexibility index (Phi) is 7.97. The summed E-state index contributed by atoms with van der Waals surface area (Å²) in [6, 6.07) is 14.3. The summed E-state index contributed by atoms with van der Waals surface area (Å²) in [6.45, 7) is 9.54. The van der Waals surface area contributed by atoms with Crippen LogP contribution in [0.4, 0.5) is 5.00 Å². The molecule has 38 heavy (non-hydrogen) atoms. The van der Waals surface area contributed by atoms with Crippen LogP contribution in [0.2, 0.25) is 0 Å². The third-order valence-electron chi connectivity index (χ3n) is 6.87. The predicted molar refractivity (Wildman–Crippen MR) is 157 cm³/mol. The van der Waals surface area contributed by atoms with Gasteiger partial charge in [0.15, 0.2) is 0 Å². The van der Waals surface area contributed by atoms with Crippen LogP contribution in [0.1, 0.15) is 48.0 Å². The van der Waals surface area contributed by atoms with E-state index in [0.29, 0.717) is 18.7 Å². The molecule has 0 bridgehead atoms. The highest BCUT2D eigenvalue weighted by atomic mass is 32.2. The van der Waals surface area contributed by atoms with Crippen LogP contribution in [0, 0.1) is 0 Å². The summed E-state index contributed by atoms with van der Waals surface area (Å²) in [7, 11) is -3.58. The molecular formula is C28H32N4O3S3. The Morgan fingerprint density at radius 1 is 1.05 bits per heavy atom. The van der Waals surface area contributed by atoms with Crippen LogP contribution in [0.5, 0.6) is 0 Å². The van der Waals surface area contributed by atoms with Gasteiger partial charge in [-0.25, -0.2) is 13.4 Å². The number of para-hydroxylation sites is 1. The average molecular weight is 569 g/mol. The molecule has 0 spiro atoms. The van der Waals surface area contributed by atoms with E-state index in [1.54, 1.807) is 34.8 Å². The standard InChI is InChI=1S/C28H32N4O3S3/c1-4-16-31-17-15-21-24(18-31)37-28(25(21)27-29-22-9-7-8-10-23(22)36-27)30-26(33)19-11-13-20(14-12-19)38(34,35)32(5-2)6-3/h7-14H,4-6,15-18H2,1-3H3,(H,30,33). The van der Waals surface area contributed by atoms with E-state index in [2.05, 4.69) is 23.2 Å². The highest BCUT2D eigenvalue weighted by Gasteiger charge is 2.28. The number of amides is 1. The van der Waals surface area contributed by atoms with Crippen LogP contribution in [0.3, 0.4) is 0 Å². The first-order valence-corrected chi connectivity index (χ1v) is 16.1. The molecule has 0 radical (unpaired) electrons. The number of nitrogens with one attached hydrogen (secondary N) is 1. The third-order valence-corrected chi connectivity index (χ3v) is 11.1.